The Hall–Kier alpha value is -1.88. The van der Waals surface area contributed by atoms with Crippen LogP contribution < -0.4 is 15.5 Å². The third kappa shape index (κ3) is 2.41. The fourth-order valence-electron chi connectivity index (χ4n) is 2.87. The van der Waals surface area contributed by atoms with E-state index in [1.165, 1.54) is 0 Å². The van der Waals surface area contributed by atoms with E-state index in [0.717, 1.165) is 42.9 Å². The van der Waals surface area contributed by atoms with Crippen molar-refractivity contribution in [1.29, 1.82) is 0 Å². The van der Waals surface area contributed by atoms with Crippen molar-refractivity contribution >= 4 is 23.2 Å². The minimum Gasteiger partial charge on any atom is -0.326 e. The molecule has 0 bridgehead atoms. The molecule has 2 aliphatic heterocycles. The fourth-order valence-corrected chi connectivity index (χ4v) is 2.87. The zero-order chi connectivity index (χ0) is 14.1. The second-order valence-corrected chi connectivity index (χ2v) is 5.51. The highest BCUT2D eigenvalue weighted by Crippen LogP contribution is 2.30. The van der Waals surface area contributed by atoms with Crippen LogP contribution in [0.5, 0.6) is 0 Å². The summed E-state index contributed by atoms with van der Waals surface area (Å²) in [6.45, 7) is 1.75. The van der Waals surface area contributed by atoms with Crippen molar-refractivity contribution in [2.24, 2.45) is 5.92 Å². The van der Waals surface area contributed by atoms with Crippen molar-refractivity contribution in [1.82, 2.24) is 5.32 Å². The average Bonchev–Trinajstić information content (AvgIpc) is 2.74. The Morgan fingerprint density at radius 3 is 3.05 bits per heavy atom. The number of nitrogens with zero attached hydrogens (tertiary/aromatic N) is 1. The summed E-state index contributed by atoms with van der Waals surface area (Å²) < 4.78 is 0. The Morgan fingerprint density at radius 1 is 1.45 bits per heavy atom. The SMILES string of the molecule is CN1C(=O)Cc2cc(NC(=O)C3CCCNC3)ccc21. The van der Waals surface area contributed by atoms with E-state index >= 15 is 0 Å². The molecule has 2 N–H and O–H groups in total. The lowest BCUT2D eigenvalue weighted by atomic mass is 9.98. The van der Waals surface area contributed by atoms with E-state index in [1.807, 2.05) is 18.2 Å². The van der Waals surface area contributed by atoms with Gasteiger partial charge in [-0.1, -0.05) is 0 Å². The number of rotatable bonds is 2. The second kappa shape index (κ2) is 5.25. The minimum atomic E-state index is 0.0429. The summed E-state index contributed by atoms with van der Waals surface area (Å²) in [7, 11) is 1.78. The highest BCUT2D eigenvalue weighted by Gasteiger charge is 2.25. The highest BCUT2D eigenvalue weighted by atomic mass is 16.2. The summed E-state index contributed by atoms with van der Waals surface area (Å²) in [5.74, 6) is 0.205. The van der Waals surface area contributed by atoms with Gasteiger partial charge in [-0.3, -0.25) is 9.59 Å². The van der Waals surface area contributed by atoms with Crippen LogP contribution in [0, 0.1) is 5.92 Å². The van der Waals surface area contributed by atoms with Crippen molar-refractivity contribution in [3.8, 4) is 0 Å². The number of benzene rings is 1. The third-order valence-electron chi connectivity index (χ3n) is 4.09. The van der Waals surface area contributed by atoms with Gasteiger partial charge in [0, 0.05) is 25.0 Å². The van der Waals surface area contributed by atoms with Crippen molar-refractivity contribution in [3.63, 3.8) is 0 Å². The van der Waals surface area contributed by atoms with Crippen molar-refractivity contribution in [2.45, 2.75) is 19.3 Å². The van der Waals surface area contributed by atoms with Gasteiger partial charge in [0.2, 0.25) is 11.8 Å². The maximum absolute atomic E-state index is 12.2. The number of hydrogen-bond acceptors (Lipinski definition) is 3. The lowest BCUT2D eigenvalue weighted by molar-refractivity contribution is -0.120. The van der Waals surface area contributed by atoms with Crippen LogP contribution in [-0.4, -0.2) is 32.0 Å². The van der Waals surface area contributed by atoms with Gasteiger partial charge in [0.1, 0.15) is 0 Å². The van der Waals surface area contributed by atoms with Crippen molar-refractivity contribution in [2.75, 3.05) is 30.4 Å². The molecule has 2 amide bonds. The monoisotopic (exact) mass is 273 g/mol. The molecular weight excluding hydrogens is 254 g/mol. The fraction of sp³-hybridized carbons (Fsp3) is 0.467. The number of hydrogen-bond donors (Lipinski definition) is 2. The zero-order valence-electron chi connectivity index (χ0n) is 11.6. The average molecular weight is 273 g/mol. The first-order valence-electron chi connectivity index (χ1n) is 7.06. The topological polar surface area (TPSA) is 61.4 Å². The quantitative estimate of drug-likeness (QED) is 0.849. The number of carbonyl (C=O) groups is 2. The second-order valence-electron chi connectivity index (χ2n) is 5.51. The first kappa shape index (κ1) is 13.1. The molecule has 2 heterocycles. The lowest BCUT2D eigenvalue weighted by Gasteiger charge is -2.22. The predicted molar refractivity (Wildman–Crippen MR) is 77.8 cm³/mol. The van der Waals surface area contributed by atoms with E-state index in [1.54, 1.807) is 11.9 Å². The van der Waals surface area contributed by atoms with Gasteiger partial charge in [-0.25, -0.2) is 0 Å². The first-order chi connectivity index (χ1) is 9.65. The zero-order valence-corrected chi connectivity index (χ0v) is 11.6. The Labute approximate surface area is 118 Å². The van der Waals surface area contributed by atoms with Crippen molar-refractivity contribution < 1.29 is 9.59 Å². The largest absolute Gasteiger partial charge is 0.326 e. The van der Waals surface area contributed by atoms with Gasteiger partial charge >= 0.3 is 0 Å². The van der Waals surface area contributed by atoms with E-state index in [4.69, 9.17) is 0 Å². The van der Waals surface area contributed by atoms with Crippen LogP contribution >= 0.6 is 0 Å². The Balaban J connectivity index is 1.71. The van der Waals surface area contributed by atoms with Crippen LogP contribution in [0.1, 0.15) is 18.4 Å². The molecule has 5 nitrogen and oxygen atoms in total. The molecule has 0 aromatic heterocycles. The summed E-state index contributed by atoms with van der Waals surface area (Å²) in [6.07, 6.45) is 2.40. The number of carbonyl (C=O) groups excluding carboxylic acids is 2. The Morgan fingerprint density at radius 2 is 2.30 bits per heavy atom. The van der Waals surface area contributed by atoms with Crippen LogP contribution in [0.3, 0.4) is 0 Å². The van der Waals surface area contributed by atoms with E-state index in [2.05, 4.69) is 10.6 Å². The van der Waals surface area contributed by atoms with Gasteiger partial charge in [-0.05, 0) is 43.1 Å². The number of anilines is 2. The number of likely N-dealkylation sites (N-methyl/N-ethyl adjacent to an activating group) is 1. The third-order valence-corrected chi connectivity index (χ3v) is 4.09. The molecule has 1 unspecified atom stereocenters. The number of nitrogens with one attached hydrogen (secondary N) is 2. The number of amides is 2. The molecule has 1 atom stereocenters. The van der Waals surface area contributed by atoms with Gasteiger partial charge in [0.15, 0.2) is 0 Å². The van der Waals surface area contributed by atoms with E-state index in [0.29, 0.717) is 6.42 Å². The van der Waals surface area contributed by atoms with Gasteiger partial charge in [0.25, 0.3) is 0 Å². The first-order valence-corrected chi connectivity index (χ1v) is 7.06. The van der Waals surface area contributed by atoms with Crippen LogP contribution in [0.4, 0.5) is 11.4 Å². The molecule has 1 aromatic carbocycles. The normalized spacial score (nSPS) is 21.8. The van der Waals surface area contributed by atoms with Crippen LogP contribution in [0.25, 0.3) is 0 Å². The molecule has 5 heteroatoms. The summed E-state index contributed by atoms with van der Waals surface area (Å²) in [6, 6.07) is 5.67. The van der Waals surface area contributed by atoms with Crippen LogP contribution in [0.15, 0.2) is 18.2 Å². The molecule has 3 rings (SSSR count). The van der Waals surface area contributed by atoms with Crippen LogP contribution in [0.2, 0.25) is 0 Å². The number of piperidine rings is 1. The Bertz CT molecular complexity index is 550. The molecule has 0 aliphatic carbocycles. The predicted octanol–water partition coefficient (Wildman–Crippen LogP) is 1.14. The number of fused-ring (bicyclic) bond motifs is 1. The van der Waals surface area contributed by atoms with E-state index in [-0.39, 0.29) is 17.7 Å². The molecule has 2 aliphatic rings. The molecule has 106 valence electrons. The minimum absolute atomic E-state index is 0.0429. The molecule has 20 heavy (non-hydrogen) atoms. The van der Waals surface area contributed by atoms with E-state index in [9.17, 15) is 9.59 Å². The van der Waals surface area contributed by atoms with Crippen LogP contribution in [-0.2, 0) is 16.0 Å². The highest BCUT2D eigenvalue weighted by molar-refractivity contribution is 6.02. The molecule has 0 saturated carbocycles. The maximum atomic E-state index is 12.2. The van der Waals surface area contributed by atoms with Gasteiger partial charge in [-0.15, -0.1) is 0 Å². The Kier molecular flexibility index (Phi) is 3.44. The van der Waals surface area contributed by atoms with E-state index < -0.39 is 0 Å². The summed E-state index contributed by atoms with van der Waals surface area (Å²) in [5, 5.41) is 6.20. The molecular formula is C15H19N3O2. The molecule has 1 saturated heterocycles. The maximum Gasteiger partial charge on any atom is 0.231 e. The molecule has 0 radical (unpaired) electrons. The lowest BCUT2D eigenvalue weighted by Crippen LogP contribution is -2.37. The standard InChI is InChI=1S/C15H19N3O2/c1-18-13-5-4-12(7-11(13)8-14(18)19)17-15(20)10-3-2-6-16-9-10/h4-5,7,10,16H,2-3,6,8-9H2,1H3,(H,17,20). The molecule has 1 fully saturated rings. The van der Waals surface area contributed by atoms with Gasteiger partial charge < -0.3 is 15.5 Å². The molecule has 0 spiro atoms. The molecule has 1 aromatic rings. The van der Waals surface area contributed by atoms with Crippen molar-refractivity contribution in [3.05, 3.63) is 23.8 Å². The van der Waals surface area contributed by atoms with Gasteiger partial charge in [0.05, 0.1) is 12.3 Å². The van der Waals surface area contributed by atoms with Gasteiger partial charge in [-0.2, -0.15) is 0 Å². The summed E-state index contributed by atoms with van der Waals surface area (Å²) >= 11 is 0. The summed E-state index contributed by atoms with van der Waals surface area (Å²) in [5.41, 5.74) is 2.70. The summed E-state index contributed by atoms with van der Waals surface area (Å²) in [4.78, 5) is 25.5. The smallest absolute Gasteiger partial charge is 0.231 e.